The summed E-state index contributed by atoms with van der Waals surface area (Å²) in [7, 11) is 0. The fraction of sp³-hybridized carbons (Fsp3) is 0.526. The van der Waals surface area contributed by atoms with E-state index in [1.54, 1.807) is 29.2 Å². The van der Waals surface area contributed by atoms with Gasteiger partial charge >= 0.3 is 5.97 Å². The summed E-state index contributed by atoms with van der Waals surface area (Å²) in [5, 5.41) is 17.9. The lowest BCUT2D eigenvalue weighted by Crippen LogP contribution is -2.46. The first kappa shape index (κ1) is 17.6. The average Bonchev–Trinajstić information content (AvgIpc) is 3.07. The van der Waals surface area contributed by atoms with Gasteiger partial charge in [0.1, 0.15) is 11.6 Å². The van der Waals surface area contributed by atoms with Gasteiger partial charge in [-0.1, -0.05) is 30.2 Å². The van der Waals surface area contributed by atoms with Crippen molar-refractivity contribution in [1.29, 1.82) is 0 Å². The van der Waals surface area contributed by atoms with E-state index < -0.39 is 12.0 Å². The van der Waals surface area contributed by atoms with Crippen LogP contribution < -0.4 is 5.56 Å². The highest BCUT2D eigenvalue weighted by molar-refractivity contribution is 5.84. The standard InChI is InChI=1S/C19H22N4O4/c24-17(23-15-8-4-1-5-12(15)11-16(23)19(26)27)9-10-22-18(25)13-6-2-3-7-14(13)20-21-22/h2-3,6-7,12,15-16H,1,4-5,8-11H2,(H,26,27)/t12-,15-,16-/m0/s1. The van der Waals surface area contributed by atoms with Gasteiger partial charge in [0.15, 0.2) is 0 Å². The fourth-order valence-electron chi connectivity index (χ4n) is 4.54. The lowest BCUT2D eigenvalue weighted by Gasteiger charge is -2.33. The van der Waals surface area contributed by atoms with Gasteiger partial charge in [0.25, 0.3) is 5.56 Å². The predicted octanol–water partition coefficient (Wildman–Crippen LogP) is 1.43. The fourth-order valence-corrected chi connectivity index (χ4v) is 4.54. The van der Waals surface area contributed by atoms with Gasteiger partial charge in [-0.2, -0.15) is 0 Å². The van der Waals surface area contributed by atoms with Crippen molar-refractivity contribution in [2.45, 2.75) is 57.2 Å². The molecule has 0 radical (unpaired) electrons. The van der Waals surface area contributed by atoms with Crippen molar-refractivity contribution < 1.29 is 14.7 Å². The van der Waals surface area contributed by atoms with Crippen molar-refractivity contribution in [3.05, 3.63) is 34.6 Å². The molecule has 142 valence electrons. The Morgan fingerprint density at radius 3 is 2.78 bits per heavy atom. The average molecular weight is 370 g/mol. The predicted molar refractivity (Wildman–Crippen MR) is 97.0 cm³/mol. The molecule has 1 amide bonds. The van der Waals surface area contributed by atoms with Crippen LogP contribution in [0.15, 0.2) is 29.1 Å². The van der Waals surface area contributed by atoms with Crippen LogP contribution in [0.3, 0.4) is 0 Å². The monoisotopic (exact) mass is 370 g/mol. The summed E-state index contributed by atoms with van der Waals surface area (Å²) < 4.78 is 1.18. The van der Waals surface area contributed by atoms with Crippen molar-refractivity contribution in [3.63, 3.8) is 0 Å². The van der Waals surface area contributed by atoms with Gasteiger partial charge in [0.2, 0.25) is 5.91 Å². The first-order chi connectivity index (χ1) is 13.1. The minimum absolute atomic E-state index is 0.00626. The van der Waals surface area contributed by atoms with Gasteiger partial charge < -0.3 is 10.0 Å². The molecule has 2 heterocycles. The number of carbonyl (C=O) groups is 2. The molecule has 1 aliphatic carbocycles. The minimum atomic E-state index is -0.944. The SMILES string of the molecule is O=C(O)[C@@H]1C[C@@H]2CCCC[C@@H]2N1C(=O)CCn1nnc2ccccc2c1=O. The summed E-state index contributed by atoms with van der Waals surface area (Å²) in [4.78, 5) is 38.6. The normalized spacial score (nSPS) is 24.7. The number of hydrogen-bond donors (Lipinski definition) is 1. The molecule has 1 aromatic heterocycles. The molecule has 0 unspecified atom stereocenters. The van der Waals surface area contributed by atoms with Crippen molar-refractivity contribution in [2.24, 2.45) is 5.92 Å². The van der Waals surface area contributed by atoms with Crippen LogP contribution in [-0.2, 0) is 16.1 Å². The lowest BCUT2D eigenvalue weighted by molar-refractivity contribution is -0.150. The molecule has 1 aliphatic heterocycles. The minimum Gasteiger partial charge on any atom is -0.480 e. The van der Waals surface area contributed by atoms with E-state index in [2.05, 4.69) is 10.3 Å². The molecule has 0 spiro atoms. The molecular weight excluding hydrogens is 348 g/mol. The number of aryl methyl sites for hydroxylation is 1. The third-order valence-electron chi connectivity index (χ3n) is 5.83. The molecule has 8 heteroatoms. The molecule has 1 saturated carbocycles. The lowest BCUT2D eigenvalue weighted by atomic mass is 9.84. The van der Waals surface area contributed by atoms with E-state index in [0.717, 1.165) is 25.7 Å². The van der Waals surface area contributed by atoms with Crippen LogP contribution in [0.2, 0.25) is 0 Å². The highest BCUT2D eigenvalue weighted by Gasteiger charge is 2.47. The zero-order valence-corrected chi connectivity index (χ0v) is 15.0. The van der Waals surface area contributed by atoms with E-state index in [4.69, 9.17) is 0 Å². The van der Waals surface area contributed by atoms with Crippen LogP contribution in [0.1, 0.15) is 38.5 Å². The number of aliphatic carboxylic acids is 1. The second-order valence-electron chi connectivity index (χ2n) is 7.39. The maximum atomic E-state index is 12.9. The Labute approximate surface area is 155 Å². The van der Waals surface area contributed by atoms with Gasteiger partial charge in [-0.25, -0.2) is 9.48 Å². The van der Waals surface area contributed by atoms with Crippen molar-refractivity contribution >= 4 is 22.8 Å². The third-order valence-corrected chi connectivity index (χ3v) is 5.83. The van der Waals surface area contributed by atoms with Crippen molar-refractivity contribution in [1.82, 2.24) is 19.9 Å². The number of benzene rings is 1. The molecule has 2 fully saturated rings. The number of likely N-dealkylation sites (tertiary alicyclic amines) is 1. The number of carboxylic acids is 1. The Balaban J connectivity index is 1.52. The molecule has 8 nitrogen and oxygen atoms in total. The molecule has 1 N–H and O–H groups in total. The zero-order chi connectivity index (χ0) is 19.0. The summed E-state index contributed by atoms with van der Waals surface area (Å²) in [5.41, 5.74) is 0.223. The Morgan fingerprint density at radius 2 is 1.96 bits per heavy atom. The summed E-state index contributed by atoms with van der Waals surface area (Å²) >= 11 is 0. The first-order valence-electron chi connectivity index (χ1n) is 9.43. The smallest absolute Gasteiger partial charge is 0.326 e. The molecule has 4 rings (SSSR count). The van der Waals surface area contributed by atoms with E-state index in [9.17, 15) is 19.5 Å². The van der Waals surface area contributed by atoms with E-state index in [1.165, 1.54) is 4.68 Å². The molecule has 1 saturated heterocycles. The summed E-state index contributed by atoms with van der Waals surface area (Å²) in [6.07, 6.45) is 4.52. The molecule has 2 aromatic rings. The molecule has 3 atom stereocenters. The maximum Gasteiger partial charge on any atom is 0.326 e. The van der Waals surface area contributed by atoms with Gasteiger partial charge in [-0.3, -0.25) is 9.59 Å². The van der Waals surface area contributed by atoms with Gasteiger partial charge in [-0.15, -0.1) is 5.10 Å². The van der Waals surface area contributed by atoms with E-state index in [0.29, 0.717) is 17.3 Å². The Hall–Kier alpha value is -2.77. The van der Waals surface area contributed by atoms with E-state index in [1.807, 2.05) is 0 Å². The highest BCUT2D eigenvalue weighted by atomic mass is 16.4. The largest absolute Gasteiger partial charge is 0.480 e. The van der Waals surface area contributed by atoms with Crippen LogP contribution in [0.4, 0.5) is 0 Å². The summed E-state index contributed by atoms with van der Waals surface area (Å²) in [5.74, 6) is -0.897. The number of hydrogen-bond acceptors (Lipinski definition) is 5. The molecule has 0 bridgehead atoms. The quantitative estimate of drug-likeness (QED) is 0.873. The van der Waals surface area contributed by atoms with Crippen molar-refractivity contribution in [2.75, 3.05) is 0 Å². The third kappa shape index (κ3) is 3.20. The number of aromatic nitrogens is 3. The number of fused-ring (bicyclic) bond motifs is 2. The van der Waals surface area contributed by atoms with Crippen LogP contribution in [0.5, 0.6) is 0 Å². The van der Waals surface area contributed by atoms with E-state index >= 15 is 0 Å². The number of carbonyl (C=O) groups excluding carboxylic acids is 1. The topological polar surface area (TPSA) is 105 Å². The van der Waals surface area contributed by atoms with Gasteiger partial charge in [0, 0.05) is 12.5 Å². The first-order valence-corrected chi connectivity index (χ1v) is 9.43. The molecule has 2 aliphatic rings. The molecule has 27 heavy (non-hydrogen) atoms. The Bertz CT molecular complexity index is 941. The Kier molecular flexibility index (Phi) is 4.63. The second kappa shape index (κ2) is 7.09. The number of carboxylic acid groups (broad SMARTS) is 1. The van der Waals surface area contributed by atoms with Crippen LogP contribution >= 0.6 is 0 Å². The van der Waals surface area contributed by atoms with Crippen LogP contribution in [0.25, 0.3) is 10.9 Å². The maximum absolute atomic E-state index is 12.9. The Morgan fingerprint density at radius 1 is 1.19 bits per heavy atom. The zero-order valence-electron chi connectivity index (χ0n) is 15.0. The second-order valence-corrected chi connectivity index (χ2v) is 7.39. The van der Waals surface area contributed by atoms with Gasteiger partial charge in [0.05, 0.1) is 11.9 Å². The van der Waals surface area contributed by atoms with Crippen molar-refractivity contribution in [3.8, 4) is 0 Å². The highest BCUT2D eigenvalue weighted by Crippen LogP contribution is 2.40. The van der Waals surface area contributed by atoms with E-state index in [-0.39, 0.29) is 36.4 Å². The molecular formula is C19H22N4O4. The molecule has 1 aromatic carbocycles. The van der Waals surface area contributed by atoms with Gasteiger partial charge in [-0.05, 0) is 37.3 Å². The summed E-state index contributed by atoms with van der Waals surface area (Å²) in [6, 6.07) is 6.18. The summed E-state index contributed by atoms with van der Waals surface area (Å²) in [6.45, 7) is 0.0930. The van der Waals surface area contributed by atoms with Crippen LogP contribution in [0, 0.1) is 5.92 Å². The number of nitrogens with zero attached hydrogens (tertiary/aromatic N) is 4. The van der Waals surface area contributed by atoms with Crippen LogP contribution in [-0.4, -0.2) is 49.0 Å². The number of amides is 1. The number of rotatable bonds is 4.